The van der Waals surface area contributed by atoms with E-state index in [1.54, 1.807) is 12.1 Å². The van der Waals surface area contributed by atoms with Gasteiger partial charge >= 0.3 is 6.18 Å². The second-order valence-electron chi connectivity index (χ2n) is 3.57. The minimum absolute atomic E-state index is 0.603. The van der Waals surface area contributed by atoms with Gasteiger partial charge in [-0.3, -0.25) is 0 Å². The zero-order chi connectivity index (χ0) is 11.8. The molecule has 0 fully saturated rings. The molecule has 84 valence electrons. The van der Waals surface area contributed by atoms with Crippen LogP contribution in [0, 0.1) is 0 Å². The van der Waals surface area contributed by atoms with Gasteiger partial charge < -0.3 is 0 Å². The molecule has 0 unspecified atom stereocenters. The van der Waals surface area contributed by atoms with Gasteiger partial charge in [-0.2, -0.15) is 17.7 Å². The molecule has 0 amide bonds. The van der Waals surface area contributed by atoms with E-state index in [0.717, 1.165) is 18.1 Å². The fourth-order valence-corrected chi connectivity index (χ4v) is 1.73. The molecule has 0 atom stereocenters. The highest BCUT2D eigenvalue weighted by atomic mass is 19.4. The van der Waals surface area contributed by atoms with E-state index in [-0.39, 0.29) is 0 Å². The summed E-state index contributed by atoms with van der Waals surface area (Å²) in [5.41, 5.74) is 0.215. The first-order valence-corrected chi connectivity index (χ1v) is 5.02. The molecule has 1 aromatic carbocycles. The lowest BCUT2D eigenvalue weighted by Crippen LogP contribution is -2.32. The Morgan fingerprint density at radius 3 is 2.56 bits per heavy atom. The van der Waals surface area contributed by atoms with Crippen LogP contribution in [0.15, 0.2) is 36.5 Å². The highest BCUT2D eigenvalue weighted by molar-refractivity contribution is 5.76. The topological polar surface area (TPSA) is 3.88 Å². The second-order valence-corrected chi connectivity index (χ2v) is 3.57. The molecule has 0 N–H and O–H groups in total. The Labute approximate surface area is 91.1 Å². The third-order valence-electron chi connectivity index (χ3n) is 2.55. The average molecular weight is 226 g/mol. The summed E-state index contributed by atoms with van der Waals surface area (Å²) in [5, 5.41) is 0.610. The van der Waals surface area contributed by atoms with E-state index >= 15 is 0 Å². The summed E-state index contributed by atoms with van der Waals surface area (Å²) < 4.78 is 39.4. The van der Waals surface area contributed by atoms with Crippen LogP contribution in [0.4, 0.5) is 13.2 Å². The first kappa shape index (κ1) is 10.9. The van der Waals surface area contributed by atoms with E-state index in [1.807, 2.05) is 17.7 Å². The van der Waals surface area contributed by atoms with E-state index in [1.165, 1.54) is 12.1 Å². The number of benzene rings is 1. The van der Waals surface area contributed by atoms with Gasteiger partial charge in [0.25, 0.3) is 0 Å². The van der Waals surface area contributed by atoms with Crippen molar-refractivity contribution in [1.29, 1.82) is 0 Å². The van der Waals surface area contributed by atoms with Crippen molar-refractivity contribution in [3.63, 3.8) is 0 Å². The number of pyridine rings is 1. The molecule has 0 radical (unpaired) electrons. The summed E-state index contributed by atoms with van der Waals surface area (Å²) in [4.78, 5) is 0. The summed E-state index contributed by atoms with van der Waals surface area (Å²) in [6.07, 6.45) is -2.42. The minimum Gasteiger partial charge on any atom is -0.199 e. The Kier molecular flexibility index (Phi) is 2.58. The monoisotopic (exact) mass is 226 g/mol. The van der Waals surface area contributed by atoms with Crippen molar-refractivity contribution in [1.82, 2.24) is 0 Å². The van der Waals surface area contributed by atoms with E-state index in [9.17, 15) is 13.2 Å². The van der Waals surface area contributed by atoms with E-state index in [0.29, 0.717) is 5.39 Å². The summed E-state index contributed by atoms with van der Waals surface area (Å²) in [5.74, 6) is 0. The van der Waals surface area contributed by atoms with Gasteiger partial charge in [-0.15, -0.1) is 0 Å². The van der Waals surface area contributed by atoms with Crippen LogP contribution < -0.4 is 4.57 Å². The van der Waals surface area contributed by atoms with Gasteiger partial charge in [0.15, 0.2) is 6.20 Å². The quantitative estimate of drug-likeness (QED) is 0.657. The van der Waals surface area contributed by atoms with Crippen molar-refractivity contribution in [2.75, 3.05) is 0 Å². The predicted molar refractivity (Wildman–Crippen MR) is 54.8 cm³/mol. The first-order valence-electron chi connectivity index (χ1n) is 5.02. The van der Waals surface area contributed by atoms with Crippen LogP contribution in [0.3, 0.4) is 0 Å². The SMILES string of the molecule is CC[n+]1cccc2cc(C(F)(F)F)ccc21. The molecule has 1 heterocycles. The second kappa shape index (κ2) is 3.77. The fraction of sp³-hybridized carbons (Fsp3) is 0.250. The van der Waals surface area contributed by atoms with Crippen LogP contribution in [0.5, 0.6) is 0 Å². The summed E-state index contributed by atoms with van der Waals surface area (Å²) >= 11 is 0. The lowest BCUT2D eigenvalue weighted by Gasteiger charge is -2.06. The summed E-state index contributed by atoms with van der Waals surface area (Å²) in [6, 6.07) is 7.26. The molecular formula is C12H11F3N+. The smallest absolute Gasteiger partial charge is 0.199 e. The number of rotatable bonds is 1. The van der Waals surface area contributed by atoms with Gasteiger partial charge in [0, 0.05) is 17.5 Å². The molecular weight excluding hydrogens is 215 g/mol. The molecule has 2 aromatic rings. The molecule has 0 aliphatic rings. The number of fused-ring (bicyclic) bond motifs is 1. The van der Waals surface area contributed by atoms with Crippen LogP contribution in [0.25, 0.3) is 10.9 Å². The van der Waals surface area contributed by atoms with Crippen molar-refractivity contribution in [2.45, 2.75) is 19.6 Å². The van der Waals surface area contributed by atoms with Gasteiger partial charge in [-0.1, -0.05) is 0 Å². The molecule has 1 nitrogen and oxygen atoms in total. The Morgan fingerprint density at radius 2 is 1.94 bits per heavy atom. The molecule has 2 rings (SSSR count). The van der Waals surface area contributed by atoms with Crippen LogP contribution in [0.1, 0.15) is 12.5 Å². The lowest BCUT2D eigenvalue weighted by atomic mass is 10.1. The van der Waals surface area contributed by atoms with Gasteiger partial charge in [0.1, 0.15) is 6.54 Å². The van der Waals surface area contributed by atoms with Crippen molar-refractivity contribution >= 4 is 10.9 Å². The maximum Gasteiger partial charge on any atom is 0.416 e. The van der Waals surface area contributed by atoms with Gasteiger partial charge in [0.05, 0.1) is 5.56 Å². The molecule has 0 aliphatic carbocycles. The van der Waals surface area contributed by atoms with Gasteiger partial charge in [0.2, 0.25) is 5.52 Å². The molecule has 0 saturated carbocycles. The normalized spacial score (nSPS) is 12.0. The summed E-state index contributed by atoms with van der Waals surface area (Å²) in [7, 11) is 0. The van der Waals surface area contributed by atoms with Gasteiger partial charge in [-0.25, -0.2) is 0 Å². The van der Waals surface area contributed by atoms with Crippen LogP contribution in [-0.4, -0.2) is 0 Å². The highest BCUT2D eigenvalue weighted by Crippen LogP contribution is 2.30. The first-order chi connectivity index (χ1) is 7.52. The fourth-order valence-electron chi connectivity index (χ4n) is 1.73. The van der Waals surface area contributed by atoms with E-state index in [4.69, 9.17) is 0 Å². The van der Waals surface area contributed by atoms with Crippen molar-refractivity contribution < 1.29 is 17.7 Å². The predicted octanol–water partition coefficient (Wildman–Crippen LogP) is 3.17. The van der Waals surface area contributed by atoms with E-state index < -0.39 is 11.7 Å². The maximum atomic E-state index is 12.5. The maximum absolute atomic E-state index is 12.5. The highest BCUT2D eigenvalue weighted by Gasteiger charge is 2.30. The van der Waals surface area contributed by atoms with Crippen LogP contribution in [0.2, 0.25) is 0 Å². The standard InChI is InChI=1S/C12H11F3N/c1-2-16-7-3-4-9-8-10(12(13,14)15)5-6-11(9)16/h3-8H,2H2,1H3/q+1. The van der Waals surface area contributed by atoms with E-state index in [2.05, 4.69) is 0 Å². The molecule has 1 aromatic heterocycles. The Morgan fingerprint density at radius 1 is 1.19 bits per heavy atom. The number of halogens is 3. The zero-order valence-electron chi connectivity index (χ0n) is 8.75. The number of hydrogen-bond donors (Lipinski definition) is 0. The molecule has 4 heteroatoms. The average Bonchev–Trinajstić information content (AvgIpc) is 2.26. The molecule has 0 bridgehead atoms. The molecule has 0 aliphatic heterocycles. The number of aromatic nitrogens is 1. The van der Waals surface area contributed by atoms with Crippen LogP contribution >= 0.6 is 0 Å². The van der Waals surface area contributed by atoms with Crippen molar-refractivity contribution in [3.8, 4) is 0 Å². The zero-order valence-corrected chi connectivity index (χ0v) is 8.75. The summed E-state index contributed by atoms with van der Waals surface area (Å²) in [6.45, 7) is 2.69. The molecule has 0 saturated heterocycles. The van der Waals surface area contributed by atoms with Gasteiger partial charge in [-0.05, 0) is 25.1 Å². The lowest BCUT2D eigenvalue weighted by molar-refractivity contribution is -0.667. The Balaban J connectivity index is 2.64. The minimum atomic E-state index is -4.28. The number of aryl methyl sites for hydroxylation is 1. The molecule has 16 heavy (non-hydrogen) atoms. The third-order valence-corrected chi connectivity index (χ3v) is 2.55. The number of hydrogen-bond acceptors (Lipinski definition) is 0. The Hall–Kier alpha value is -1.58. The van der Waals surface area contributed by atoms with Crippen molar-refractivity contribution in [3.05, 3.63) is 42.1 Å². The molecule has 0 spiro atoms. The Bertz CT molecular complexity index is 517. The largest absolute Gasteiger partial charge is 0.416 e. The number of alkyl halides is 3. The van der Waals surface area contributed by atoms with Crippen LogP contribution in [-0.2, 0) is 12.7 Å². The number of nitrogens with zero attached hydrogens (tertiary/aromatic N) is 1. The van der Waals surface area contributed by atoms with Crippen molar-refractivity contribution in [2.24, 2.45) is 0 Å². The third kappa shape index (κ3) is 1.87.